The van der Waals surface area contributed by atoms with E-state index in [2.05, 4.69) is 5.32 Å². The van der Waals surface area contributed by atoms with Crippen LogP contribution >= 0.6 is 0 Å². The van der Waals surface area contributed by atoms with Crippen LogP contribution in [0.2, 0.25) is 0 Å². The van der Waals surface area contributed by atoms with E-state index in [1.165, 1.54) is 6.07 Å². The minimum atomic E-state index is -0.422. The molecule has 0 saturated carbocycles. The molecule has 1 aromatic carbocycles. The first kappa shape index (κ1) is 13.5. The zero-order chi connectivity index (χ0) is 13.1. The summed E-state index contributed by atoms with van der Waals surface area (Å²) in [6.45, 7) is 6.01. The average molecular weight is 237 g/mol. The van der Waals surface area contributed by atoms with E-state index in [-0.39, 0.29) is 17.2 Å². The van der Waals surface area contributed by atoms with Crippen molar-refractivity contribution >= 4 is 5.91 Å². The molecular formula is C13H19NO3. The maximum atomic E-state index is 11.9. The number of aryl methyl sites for hydroxylation is 1. The van der Waals surface area contributed by atoms with E-state index in [1.54, 1.807) is 19.2 Å². The van der Waals surface area contributed by atoms with Gasteiger partial charge >= 0.3 is 0 Å². The van der Waals surface area contributed by atoms with Gasteiger partial charge in [0.15, 0.2) is 0 Å². The molecule has 0 aliphatic heterocycles. The van der Waals surface area contributed by atoms with E-state index in [4.69, 9.17) is 4.74 Å². The predicted octanol–water partition coefficient (Wildman–Crippen LogP) is 1.86. The Morgan fingerprint density at radius 3 is 2.71 bits per heavy atom. The number of methoxy groups -OCH3 is 1. The molecule has 0 atom stereocenters. The molecule has 94 valence electrons. The van der Waals surface area contributed by atoms with Gasteiger partial charge in [-0.25, -0.2) is 0 Å². The van der Waals surface area contributed by atoms with Crippen LogP contribution in [-0.4, -0.2) is 30.3 Å². The first-order valence-corrected chi connectivity index (χ1v) is 5.49. The fourth-order valence-corrected chi connectivity index (χ4v) is 1.29. The van der Waals surface area contributed by atoms with E-state index in [9.17, 15) is 9.90 Å². The number of ether oxygens (including phenoxy) is 1. The number of carbonyl (C=O) groups is 1. The van der Waals surface area contributed by atoms with Crippen molar-refractivity contribution in [3.8, 4) is 5.75 Å². The lowest BCUT2D eigenvalue weighted by molar-refractivity contribution is 0.0228. The number of amides is 1. The van der Waals surface area contributed by atoms with Gasteiger partial charge in [0.1, 0.15) is 5.75 Å². The molecule has 0 unspecified atom stereocenters. The summed E-state index contributed by atoms with van der Waals surface area (Å²) in [5.41, 5.74) is 0.797. The molecule has 0 spiro atoms. The van der Waals surface area contributed by atoms with Crippen LogP contribution in [0.4, 0.5) is 0 Å². The summed E-state index contributed by atoms with van der Waals surface area (Å²) in [6.07, 6.45) is 0. The lowest BCUT2D eigenvalue weighted by Crippen LogP contribution is -2.39. The maximum absolute atomic E-state index is 11.9. The van der Waals surface area contributed by atoms with Gasteiger partial charge in [0.25, 0.3) is 5.91 Å². The second-order valence-electron chi connectivity index (χ2n) is 4.67. The summed E-state index contributed by atoms with van der Waals surface area (Å²) < 4.78 is 5.20. The summed E-state index contributed by atoms with van der Waals surface area (Å²) >= 11 is 0. The molecule has 2 N–H and O–H groups in total. The molecule has 17 heavy (non-hydrogen) atoms. The Balaban J connectivity index is 2.74. The standard InChI is InChI=1S/C13H19NO3/c1-9-5-6-11(15)10(7-9)12(16)14-8-13(2,3)17-4/h5-7,15H,8H2,1-4H3,(H,14,16). The molecule has 0 aromatic heterocycles. The van der Waals surface area contributed by atoms with Crippen molar-refractivity contribution in [3.63, 3.8) is 0 Å². The zero-order valence-electron chi connectivity index (χ0n) is 10.7. The van der Waals surface area contributed by atoms with Crippen molar-refractivity contribution in [1.29, 1.82) is 0 Å². The summed E-state index contributed by atoms with van der Waals surface area (Å²) in [4.78, 5) is 11.9. The molecular weight excluding hydrogens is 218 g/mol. The molecule has 1 amide bonds. The third-order valence-corrected chi connectivity index (χ3v) is 2.62. The molecule has 0 bridgehead atoms. The van der Waals surface area contributed by atoms with E-state index < -0.39 is 5.60 Å². The van der Waals surface area contributed by atoms with E-state index in [0.29, 0.717) is 6.54 Å². The van der Waals surface area contributed by atoms with E-state index >= 15 is 0 Å². The van der Waals surface area contributed by atoms with E-state index in [1.807, 2.05) is 20.8 Å². The Morgan fingerprint density at radius 1 is 1.47 bits per heavy atom. The van der Waals surface area contributed by atoms with Gasteiger partial charge < -0.3 is 15.2 Å². The second-order valence-corrected chi connectivity index (χ2v) is 4.67. The smallest absolute Gasteiger partial charge is 0.255 e. The highest BCUT2D eigenvalue weighted by molar-refractivity contribution is 5.97. The van der Waals surface area contributed by atoms with Crippen molar-refractivity contribution in [2.45, 2.75) is 26.4 Å². The highest BCUT2D eigenvalue weighted by Gasteiger charge is 2.19. The van der Waals surface area contributed by atoms with Crippen LogP contribution in [-0.2, 0) is 4.74 Å². The van der Waals surface area contributed by atoms with Gasteiger partial charge in [-0.2, -0.15) is 0 Å². The number of hydrogen-bond donors (Lipinski definition) is 2. The Kier molecular flexibility index (Phi) is 4.12. The van der Waals surface area contributed by atoms with Gasteiger partial charge in [-0.1, -0.05) is 11.6 Å². The number of carbonyl (C=O) groups excluding carboxylic acids is 1. The van der Waals surface area contributed by atoms with Crippen molar-refractivity contribution < 1.29 is 14.6 Å². The summed E-state index contributed by atoms with van der Waals surface area (Å²) in [5, 5.41) is 12.3. The van der Waals surface area contributed by atoms with Crippen LogP contribution in [0.25, 0.3) is 0 Å². The normalized spacial score (nSPS) is 11.3. The monoisotopic (exact) mass is 237 g/mol. The Morgan fingerprint density at radius 2 is 2.12 bits per heavy atom. The largest absolute Gasteiger partial charge is 0.507 e. The van der Waals surface area contributed by atoms with Crippen LogP contribution < -0.4 is 5.32 Å². The molecule has 1 aromatic rings. The quantitative estimate of drug-likeness (QED) is 0.840. The highest BCUT2D eigenvalue weighted by Crippen LogP contribution is 2.18. The lowest BCUT2D eigenvalue weighted by Gasteiger charge is -2.23. The van der Waals surface area contributed by atoms with Gasteiger partial charge in [-0.3, -0.25) is 4.79 Å². The summed E-state index contributed by atoms with van der Waals surface area (Å²) in [6, 6.07) is 4.93. The molecule has 4 heteroatoms. The van der Waals surface area contributed by atoms with Crippen LogP contribution in [0.5, 0.6) is 5.75 Å². The van der Waals surface area contributed by atoms with Gasteiger partial charge in [-0.15, -0.1) is 0 Å². The number of benzene rings is 1. The fourth-order valence-electron chi connectivity index (χ4n) is 1.29. The fraction of sp³-hybridized carbons (Fsp3) is 0.462. The Hall–Kier alpha value is -1.55. The molecule has 0 fully saturated rings. The number of nitrogens with one attached hydrogen (secondary N) is 1. The van der Waals surface area contributed by atoms with Crippen molar-refractivity contribution in [2.24, 2.45) is 0 Å². The molecule has 4 nitrogen and oxygen atoms in total. The Labute approximate surface area is 102 Å². The van der Waals surface area contributed by atoms with Crippen LogP contribution in [0.1, 0.15) is 29.8 Å². The van der Waals surface area contributed by atoms with Gasteiger partial charge in [0.05, 0.1) is 11.2 Å². The lowest BCUT2D eigenvalue weighted by atomic mass is 10.1. The van der Waals surface area contributed by atoms with Crippen LogP contribution in [0, 0.1) is 6.92 Å². The molecule has 0 aliphatic carbocycles. The molecule has 1 rings (SSSR count). The van der Waals surface area contributed by atoms with Crippen LogP contribution in [0.15, 0.2) is 18.2 Å². The zero-order valence-corrected chi connectivity index (χ0v) is 10.7. The number of hydrogen-bond acceptors (Lipinski definition) is 3. The number of rotatable bonds is 4. The number of aromatic hydroxyl groups is 1. The highest BCUT2D eigenvalue weighted by atomic mass is 16.5. The SMILES string of the molecule is COC(C)(C)CNC(=O)c1cc(C)ccc1O. The molecule has 0 heterocycles. The topological polar surface area (TPSA) is 58.6 Å². The maximum Gasteiger partial charge on any atom is 0.255 e. The van der Waals surface area contributed by atoms with E-state index in [0.717, 1.165) is 5.56 Å². The third kappa shape index (κ3) is 3.75. The Bertz CT molecular complexity index is 413. The summed E-state index contributed by atoms with van der Waals surface area (Å²) in [5.74, 6) is -0.306. The third-order valence-electron chi connectivity index (χ3n) is 2.62. The minimum absolute atomic E-state index is 0.0108. The molecule has 0 saturated heterocycles. The van der Waals surface area contributed by atoms with Crippen LogP contribution in [0.3, 0.4) is 0 Å². The summed E-state index contributed by atoms with van der Waals surface area (Å²) in [7, 11) is 1.59. The first-order valence-electron chi connectivity index (χ1n) is 5.49. The van der Waals surface area contributed by atoms with Crippen molar-refractivity contribution in [2.75, 3.05) is 13.7 Å². The molecule has 0 aliphatic rings. The second kappa shape index (κ2) is 5.19. The van der Waals surface area contributed by atoms with Crippen molar-refractivity contribution in [3.05, 3.63) is 29.3 Å². The first-order chi connectivity index (χ1) is 7.85. The average Bonchev–Trinajstić information content (AvgIpc) is 2.29. The van der Waals surface area contributed by atoms with Gasteiger partial charge in [0, 0.05) is 13.7 Å². The number of phenols is 1. The predicted molar refractivity (Wildman–Crippen MR) is 66.3 cm³/mol. The minimum Gasteiger partial charge on any atom is -0.507 e. The van der Waals surface area contributed by atoms with Crippen molar-refractivity contribution in [1.82, 2.24) is 5.32 Å². The molecule has 0 radical (unpaired) electrons. The van der Waals surface area contributed by atoms with Gasteiger partial charge in [-0.05, 0) is 32.9 Å². The number of phenolic OH excluding ortho intramolecular Hbond substituents is 1. The van der Waals surface area contributed by atoms with Gasteiger partial charge in [0.2, 0.25) is 0 Å².